The molecular weight excluding hydrogens is 218 g/mol. The molecule has 0 radical (unpaired) electrons. The Morgan fingerprint density at radius 3 is 2.29 bits per heavy atom. The van der Waals surface area contributed by atoms with Gasteiger partial charge in [0, 0.05) is 6.54 Å². The van der Waals surface area contributed by atoms with E-state index in [4.69, 9.17) is 9.84 Å². The van der Waals surface area contributed by atoms with Crippen molar-refractivity contribution in [2.75, 3.05) is 14.2 Å². The Labute approximate surface area is 102 Å². The molecule has 0 fully saturated rings. The van der Waals surface area contributed by atoms with E-state index in [-0.39, 0.29) is 0 Å². The number of benzene rings is 1. The monoisotopic (exact) mass is 237 g/mol. The first-order valence-electron chi connectivity index (χ1n) is 5.45. The highest BCUT2D eigenvalue weighted by Gasteiger charge is 2.31. The van der Waals surface area contributed by atoms with Crippen molar-refractivity contribution in [3.05, 3.63) is 29.8 Å². The Balaban J connectivity index is 2.74. The average Bonchev–Trinajstić information content (AvgIpc) is 2.29. The molecule has 0 amide bonds. The largest absolute Gasteiger partial charge is 0.497 e. The first-order chi connectivity index (χ1) is 7.87. The number of hydrogen-bond acceptors (Lipinski definition) is 3. The molecule has 1 N–H and O–H groups in total. The van der Waals surface area contributed by atoms with Crippen LogP contribution in [0.3, 0.4) is 0 Å². The normalized spacial score (nSPS) is 11.6. The summed E-state index contributed by atoms with van der Waals surface area (Å²) in [6, 6.07) is 7.62. The molecule has 4 heteroatoms. The third-order valence-electron chi connectivity index (χ3n) is 3.06. The Kier molecular flexibility index (Phi) is 4.12. The van der Waals surface area contributed by atoms with Gasteiger partial charge in [0.05, 0.1) is 7.11 Å². The van der Waals surface area contributed by atoms with E-state index in [0.717, 1.165) is 11.3 Å². The van der Waals surface area contributed by atoms with E-state index < -0.39 is 11.5 Å². The van der Waals surface area contributed by atoms with Gasteiger partial charge in [-0.2, -0.15) is 0 Å². The van der Waals surface area contributed by atoms with Crippen LogP contribution in [0.1, 0.15) is 19.4 Å². The molecule has 0 saturated carbocycles. The van der Waals surface area contributed by atoms with Gasteiger partial charge in [-0.1, -0.05) is 12.1 Å². The number of methoxy groups -OCH3 is 1. The maximum absolute atomic E-state index is 11.1. The van der Waals surface area contributed by atoms with E-state index in [1.165, 1.54) is 0 Å². The molecule has 0 aliphatic carbocycles. The Morgan fingerprint density at radius 1 is 1.35 bits per heavy atom. The number of aliphatic carboxylic acids is 1. The summed E-state index contributed by atoms with van der Waals surface area (Å²) < 4.78 is 5.07. The number of nitrogens with zero attached hydrogens (tertiary/aromatic N) is 1. The maximum Gasteiger partial charge on any atom is 0.323 e. The number of likely N-dealkylation sites (N-methyl/N-ethyl adjacent to an activating group) is 1. The van der Waals surface area contributed by atoms with Crippen LogP contribution in [0.2, 0.25) is 0 Å². The van der Waals surface area contributed by atoms with Crippen LogP contribution in [0.15, 0.2) is 24.3 Å². The summed E-state index contributed by atoms with van der Waals surface area (Å²) in [6.45, 7) is 3.97. The van der Waals surface area contributed by atoms with Crippen LogP contribution in [0.5, 0.6) is 5.75 Å². The van der Waals surface area contributed by atoms with Crippen LogP contribution in [0.4, 0.5) is 0 Å². The molecule has 17 heavy (non-hydrogen) atoms. The minimum absolute atomic E-state index is 0.587. The molecule has 0 bridgehead atoms. The fourth-order valence-electron chi connectivity index (χ4n) is 1.37. The van der Waals surface area contributed by atoms with Gasteiger partial charge in [0.1, 0.15) is 11.3 Å². The van der Waals surface area contributed by atoms with E-state index in [9.17, 15) is 4.79 Å². The van der Waals surface area contributed by atoms with Crippen LogP contribution in [-0.2, 0) is 11.3 Å². The van der Waals surface area contributed by atoms with Crippen molar-refractivity contribution in [1.82, 2.24) is 4.90 Å². The van der Waals surface area contributed by atoms with E-state index in [0.29, 0.717) is 6.54 Å². The molecular formula is C13H19NO3. The van der Waals surface area contributed by atoms with Gasteiger partial charge in [-0.05, 0) is 38.6 Å². The molecule has 1 aromatic rings. The van der Waals surface area contributed by atoms with Crippen LogP contribution >= 0.6 is 0 Å². The molecule has 0 aliphatic heterocycles. The second-order valence-corrected chi connectivity index (χ2v) is 4.57. The van der Waals surface area contributed by atoms with E-state index in [1.807, 2.05) is 24.3 Å². The zero-order chi connectivity index (χ0) is 13.1. The fraction of sp³-hybridized carbons (Fsp3) is 0.462. The average molecular weight is 237 g/mol. The van der Waals surface area contributed by atoms with E-state index in [1.54, 1.807) is 32.9 Å². The Morgan fingerprint density at radius 2 is 1.88 bits per heavy atom. The van der Waals surface area contributed by atoms with Gasteiger partial charge >= 0.3 is 5.97 Å². The van der Waals surface area contributed by atoms with Gasteiger partial charge in [0.25, 0.3) is 0 Å². The lowest BCUT2D eigenvalue weighted by molar-refractivity contribution is -0.148. The lowest BCUT2D eigenvalue weighted by Gasteiger charge is -2.31. The van der Waals surface area contributed by atoms with Crippen molar-refractivity contribution in [2.24, 2.45) is 0 Å². The highest BCUT2D eigenvalue weighted by molar-refractivity contribution is 5.77. The first-order valence-corrected chi connectivity index (χ1v) is 5.45. The van der Waals surface area contributed by atoms with Gasteiger partial charge in [0.2, 0.25) is 0 Å². The van der Waals surface area contributed by atoms with Crippen LogP contribution in [0.25, 0.3) is 0 Å². The number of ether oxygens (including phenoxy) is 1. The number of hydrogen-bond donors (Lipinski definition) is 1. The van der Waals surface area contributed by atoms with Gasteiger partial charge < -0.3 is 9.84 Å². The number of carboxylic acid groups (broad SMARTS) is 1. The predicted octanol–water partition coefficient (Wildman–Crippen LogP) is 1.99. The maximum atomic E-state index is 11.1. The van der Waals surface area contributed by atoms with Crippen molar-refractivity contribution in [1.29, 1.82) is 0 Å². The summed E-state index contributed by atoms with van der Waals surface area (Å²) in [7, 11) is 3.42. The van der Waals surface area contributed by atoms with Crippen LogP contribution in [-0.4, -0.2) is 35.7 Å². The molecule has 0 aliphatic rings. The highest BCUT2D eigenvalue weighted by Crippen LogP contribution is 2.18. The molecule has 0 saturated heterocycles. The minimum Gasteiger partial charge on any atom is -0.497 e. The van der Waals surface area contributed by atoms with E-state index >= 15 is 0 Å². The predicted molar refractivity (Wildman–Crippen MR) is 66.2 cm³/mol. The number of rotatable bonds is 5. The summed E-state index contributed by atoms with van der Waals surface area (Å²) >= 11 is 0. The van der Waals surface area contributed by atoms with Gasteiger partial charge in [-0.25, -0.2) is 0 Å². The molecule has 0 aromatic heterocycles. The Bertz CT molecular complexity index is 384. The number of carbonyl (C=O) groups is 1. The molecule has 4 nitrogen and oxygen atoms in total. The molecule has 0 atom stereocenters. The molecule has 0 unspecified atom stereocenters. The van der Waals surface area contributed by atoms with Gasteiger partial charge in [0.15, 0.2) is 0 Å². The van der Waals surface area contributed by atoms with E-state index in [2.05, 4.69) is 0 Å². The standard InChI is InChI=1S/C13H19NO3/c1-13(2,12(15)16)14(3)9-10-5-7-11(17-4)8-6-10/h5-8H,9H2,1-4H3,(H,15,16). The highest BCUT2D eigenvalue weighted by atomic mass is 16.5. The third-order valence-corrected chi connectivity index (χ3v) is 3.06. The summed E-state index contributed by atoms with van der Waals surface area (Å²) in [5, 5.41) is 9.11. The SMILES string of the molecule is COc1ccc(CN(C)C(C)(C)C(=O)O)cc1. The topological polar surface area (TPSA) is 49.8 Å². The molecule has 1 rings (SSSR count). The molecule has 0 spiro atoms. The lowest BCUT2D eigenvalue weighted by atomic mass is 10.0. The van der Waals surface area contributed by atoms with Crippen LogP contribution in [0, 0.1) is 0 Å². The van der Waals surface area contributed by atoms with Gasteiger partial charge in [-0.15, -0.1) is 0 Å². The zero-order valence-electron chi connectivity index (χ0n) is 10.7. The van der Waals surface area contributed by atoms with Crippen molar-refractivity contribution < 1.29 is 14.6 Å². The second kappa shape index (κ2) is 5.19. The van der Waals surface area contributed by atoms with Crippen molar-refractivity contribution >= 4 is 5.97 Å². The fourth-order valence-corrected chi connectivity index (χ4v) is 1.37. The second-order valence-electron chi connectivity index (χ2n) is 4.57. The van der Waals surface area contributed by atoms with Crippen molar-refractivity contribution in [3.63, 3.8) is 0 Å². The van der Waals surface area contributed by atoms with Crippen molar-refractivity contribution in [2.45, 2.75) is 25.9 Å². The third kappa shape index (κ3) is 3.20. The van der Waals surface area contributed by atoms with Gasteiger partial charge in [-0.3, -0.25) is 9.69 Å². The summed E-state index contributed by atoms with van der Waals surface area (Å²) in [5.74, 6) is -0.0255. The number of carboxylic acids is 1. The molecule has 0 heterocycles. The smallest absolute Gasteiger partial charge is 0.323 e. The lowest BCUT2D eigenvalue weighted by Crippen LogP contribution is -2.47. The zero-order valence-corrected chi connectivity index (χ0v) is 10.7. The van der Waals surface area contributed by atoms with Crippen LogP contribution < -0.4 is 4.74 Å². The molecule has 94 valence electrons. The first kappa shape index (κ1) is 13.5. The van der Waals surface area contributed by atoms with Crippen molar-refractivity contribution in [3.8, 4) is 5.75 Å². The quantitative estimate of drug-likeness (QED) is 0.851. The molecule has 1 aromatic carbocycles. The minimum atomic E-state index is -0.875. The Hall–Kier alpha value is -1.55. The summed E-state index contributed by atoms with van der Waals surface area (Å²) in [4.78, 5) is 12.9. The summed E-state index contributed by atoms with van der Waals surface area (Å²) in [6.07, 6.45) is 0. The summed E-state index contributed by atoms with van der Waals surface area (Å²) in [5.41, 5.74) is 0.183.